The van der Waals surface area contributed by atoms with Crippen molar-refractivity contribution in [3.8, 4) is 5.75 Å². The van der Waals surface area contributed by atoms with E-state index in [4.69, 9.17) is 0 Å². The number of aromatic nitrogens is 1. The van der Waals surface area contributed by atoms with Crippen LogP contribution >= 0.6 is 0 Å². The Balaban J connectivity index is 1.91. The lowest BCUT2D eigenvalue weighted by atomic mass is 9.92. The first-order valence-corrected chi connectivity index (χ1v) is 10.3. The van der Waals surface area contributed by atoms with Gasteiger partial charge in [0.15, 0.2) is 0 Å². The zero-order valence-corrected chi connectivity index (χ0v) is 15.4. The zero-order chi connectivity index (χ0) is 18.3. The fraction of sp³-hybridized carbons (Fsp3) is 0.300. The number of hydrogen-bond donors (Lipinski definition) is 2. The molecule has 2 unspecified atom stereocenters. The quantitative estimate of drug-likeness (QED) is 0.738. The van der Waals surface area contributed by atoms with Crippen LogP contribution in [0.2, 0.25) is 0 Å². The van der Waals surface area contributed by atoms with Gasteiger partial charge >= 0.3 is 0 Å². The fourth-order valence-corrected chi connectivity index (χ4v) is 5.23. The van der Waals surface area contributed by atoms with Crippen molar-refractivity contribution >= 4 is 20.9 Å². The number of nitrogens with one attached hydrogen (secondary N) is 1. The Hall–Kier alpha value is -2.31. The highest BCUT2D eigenvalue weighted by molar-refractivity contribution is 7.90. The lowest BCUT2D eigenvalue weighted by Gasteiger charge is -2.19. The Labute approximate surface area is 153 Å². The van der Waals surface area contributed by atoms with Crippen molar-refractivity contribution in [3.63, 3.8) is 0 Å². The molecular formula is C20H22N2O3S. The Morgan fingerprint density at radius 1 is 1.19 bits per heavy atom. The van der Waals surface area contributed by atoms with Gasteiger partial charge in [-0.1, -0.05) is 25.1 Å². The lowest BCUT2D eigenvalue weighted by molar-refractivity contribution is 0.476. The van der Waals surface area contributed by atoms with Gasteiger partial charge in [0, 0.05) is 17.6 Å². The van der Waals surface area contributed by atoms with Crippen LogP contribution in [-0.4, -0.2) is 30.1 Å². The van der Waals surface area contributed by atoms with Crippen molar-refractivity contribution in [2.24, 2.45) is 0 Å². The zero-order valence-electron chi connectivity index (χ0n) is 14.6. The smallest absolute Gasteiger partial charge is 0.268 e. The molecule has 6 heteroatoms. The van der Waals surface area contributed by atoms with Gasteiger partial charge in [-0.3, -0.25) is 0 Å². The van der Waals surface area contributed by atoms with Crippen LogP contribution in [0, 0.1) is 0 Å². The highest BCUT2D eigenvalue weighted by Gasteiger charge is 2.28. The molecule has 0 aliphatic carbocycles. The highest BCUT2D eigenvalue weighted by Crippen LogP contribution is 2.35. The van der Waals surface area contributed by atoms with E-state index in [9.17, 15) is 13.5 Å². The summed E-state index contributed by atoms with van der Waals surface area (Å²) in [6.45, 7) is 3.10. The summed E-state index contributed by atoms with van der Waals surface area (Å²) >= 11 is 0. The standard InChI is InChI=1S/C20H22N2O3S/c1-14(19-8-5-11-21-19)18-13-22(20-10-9-15(23)12-17(18)20)26(24,25)16-6-3-2-4-7-16/h2-4,6-7,9-10,12-14,19,21,23H,5,8,11H2,1H3. The summed E-state index contributed by atoms with van der Waals surface area (Å²) in [6, 6.07) is 13.6. The minimum atomic E-state index is -3.70. The molecule has 1 fully saturated rings. The minimum Gasteiger partial charge on any atom is -0.508 e. The average molecular weight is 370 g/mol. The van der Waals surface area contributed by atoms with Crippen LogP contribution in [0.25, 0.3) is 10.9 Å². The SMILES string of the molecule is CC(c1cn(S(=O)(=O)c2ccccc2)c2ccc(O)cc12)C1CCCN1. The predicted molar refractivity (Wildman–Crippen MR) is 102 cm³/mol. The van der Waals surface area contributed by atoms with Crippen LogP contribution in [-0.2, 0) is 10.0 Å². The maximum Gasteiger partial charge on any atom is 0.268 e. The molecule has 0 bridgehead atoms. The second-order valence-corrected chi connectivity index (χ2v) is 8.71. The molecule has 136 valence electrons. The molecule has 2 heterocycles. The van der Waals surface area contributed by atoms with E-state index in [2.05, 4.69) is 12.2 Å². The van der Waals surface area contributed by atoms with E-state index in [0.29, 0.717) is 11.6 Å². The maximum atomic E-state index is 13.2. The van der Waals surface area contributed by atoms with E-state index in [-0.39, 0.29) is 16.6 Å². The van der Waals surface area contributed by atoms with Gasteiger partial charge in [-0.05, 0) is 61.2 Å². The molecule has 26 heavy (non-hydrogen) atoms. The number of phenolic OH excluding ortho intramolecular Hbond substituents is 1. The van der Waals surface area contributed by atoms with E-state index in [1.165, 1.54) is 10.0 Å². The van der Waals surface area contributed by atoms with Crippen LogP contribution in [0.15, 0.2) is 59.6 Å². The molecular weight excluding hydrogens is 348 g/mol. The second-order valence-electron chi connectivity index (χ2n) is 6.89. The van der Waals surface area contributed by atoms with E-state index < -0.39 is 10.0 Å². The number of nitrogens with zero attached hydrogens (tertiary/aromatic N) is 1. The number of benzene rings is 2. The van der Waals surface area contributed by atoms with Gasteiger partial charge < -0.3 is 10.4 Å². The number of phenols is 1. The molecule has 5 nitrogen and oxygen atoms in total. The fourth-order valence-electron chi connectivity index (χ4n) is 3.84. The summed E-state index contributed by atoms with van der Waals surface area (Å²) < 4.78 is 27.7. The number of hydrogen-bond acceptors (Lipinski definition) is 4. The van der Waals surface area contributed by atoms with Crippen molar-refractivity contribution in [1.29, 1.82) is 0 Å². The molecule has 0 spiro atoms. The van der Waals surface area contributed by atoms with E-state index in [1.807, 2.05) is 0 Å². The topological polar surface area (TPSA) is 71.3 Å². The largest absolute Gasteiger partial charge is 0.508 e. The van der Waals surface area contributed by atoms with Crippen LogP contribution in [0.1, 0.15) is 31.2 Å². The molecule has 0 saturated carbocycles. The van der Waals surface area contributed by atoms with Crippen molar-refractivity contribution in [3.05, 3.63) is 60.3 Å². The molecule has 4 rings (SSSR count). The molecule has 2 atom stereocenters. The normalized spacial score (nSPS) is 19.0. The van der Waals surface area contributed by atoms with Crippen LogP contribution < -0.4 is 5.32 Å². The van der Waals surface area contributed by atoms with Gasteiger partial charge in [-0.2, -0.15) is 0 Å². The number of rotatable bonds is 4. The summed E-state index contributed by atoms with van der Waals surface area (Å²) in [7, 11) is -3.70. The van der Waals surface area contributed by atoms with Crippen molar-refractivity contribution in [2.75, 3.05) is 6.54 Å². The van der Waals surface area contributed by atoms with Crippen LogP contribution in [0.4, 0.5) is 0 Å². The third-order valence-corrected chi connectivity index (χ3v) is 6.97. The Bertz CT molecular complexity index is 1040. The summed E-state index contributed by atoms with van der Waals surface area (Å²) in [5.74, 6) is 0.286. The van der Waals surface area contributed by atoms with Crippen molar-refractivity contribution < 1.29 is 13.5 Å². The molecule has 2 aromatic carbocycles. The molecule has 0 radical (unpaired) electrons. The van der Waals surface area contributed by atoms with Gasteiger partial charge in [0.1, 0.15) is 5.75 Å². The third-order valence-electron chi connectivity index (χ3n) is 5.28. The predicted octanol–water partition coefficient (Wildman–Crippen LogP) is 3.44. The number of fused-ring (bicyclic) bond motifs is 1. The van der Waals surface area contributed by atoms with Gasteiger partial charge in [0.05, 0.1) is 10.4 Å². The van der Waals surface area contributed by atoms with E-state index in [1.54, 1.807) is 48.7 Å². The highest BCUT2D eigenvalue weighted by atomic mass is 32.2. The first-order valence-electron chi connectivity index (χ1n) is 8.86. The average Bonchev–Trinajstić information content (AvgIpc) is 3.30. The Kier molecular flexibility index (Phi) is 4.25. The van der Waals surface area contributed by atoms with Gasteiger partial charge in [0.25, 0.3) is 10.0 Å². The molecule has 3 aromatic rings. The summed E-state index contributed by atoms with van der Waals surface area (Å²) in [6.07, 6.45) is 3.91. The monoisotopic (exact) mass is 370 g/mol. The van der Waals surface area contributed by atoms with Gasteiger partial charge in [-0.15, -0.1) is 0 Å². The summed E-state index contributed by atoms with van der Waals surface area (Å²) in [5.41, 5.74) is 1.53. The Morgan fingerprint density at radius 2 is 1.96 bits per heavy atom. The lowest BCUT2D eigenvalue weighted by Crippen LogP contribution is -2.27. The molecule has 1 aliphatic rings. The van der Waals surface area contributed by atoms with Crippen molar-refractivity contribution in [1.82, 2.24) is 9.29 Å². The van der Waals surface area contributed by atoms with Gasteiger partial charge in [-0.25, -0.2) is 12.4 Å². The van der Waals surface area contributed by atoms with E-state index >= 15 is 0 Å². The molecule has 1 aromatic heterocycles. The molecule has 0 amide bonds. The maximum absolute atomic E-state index is 13.2. The Morgan fingerprint density at radius 3 is 2.65 bits per heavy atom. The van der Waals surface area contributed by atoms with E-state index in [0.717, 1.165) is 30.3 Å². The van der Waals surface area contributed by atoms with Crippen LogP contribution in [0.3, 0.4) is 0 Å². The molecule has 1 saturated heterocycles. The minimum absolute atomic E-state index is 0.139. The van der Waals surface area contributed by atoms with Gasteiger partial charge in [0.2, 0.25) is 0 Å². The third kappa shape index (κ3) is 2.79. The van der Waals surface area contributed by atoms with Crippen molar-refractivity contribution in [2.45, 2.75) is 36.6 Å². The molecule has 2 N–H and O–H groups in total. The first-order chi connectivity index (χ1) is 12.5. The molecule has 1 aliphatic heterocycles. The number of aromatic hydroxyl groups is 1. The first kappa shape index (κ1) is 17.1. The summed E-state index contributed by atoms with van der Waals surface area (Å²) in [5, 5.41) is 14.2. The summed E-state index contributed by atoms with van der Waals surface area (Å²) in [4.78, 5) is 0.253. The second kappa shape index (κ2) is 6.45. The van der Waals surface area contributed by atoms with Crippen LogP contribution in [0.5, 0.6) is 5.75 Å².